The van der Waals surface area contributed by atoms with Gasteiger partial charge in [0.2, 0.25) is 0 Å². The molecule has 1 aromatic heterocycles. The number of aromatic amines is 2. The Morgan fingerprint density at radius 1 is 1.06 bits per heavy atom. The lowest BCUT2D eigenvalue weighted by molar-refractivity contribution is 0.102. The van der Waals surface area contributed by atoms with E-state index < -0.39 is 0 Å². The van der Waals surface area contributed by atoms with Crippen LogP contribution in [-0.4, -0.2) is 16.1 Å². The van der Waals surface area contributed by atoms with E-state index in [1.165, 1.54) is 6.07 Å². The molecule has 0 aliphatic rings. The Labute approximate surface area is 97.9 Å². The summed E-state index contributed by atoms with van der Waals surface area (Å²) in [6.07, 6.45) is 0. The van der Waals surface area contributed by atoms with Gasteiger partial charge in [-0.05, 0) is 37.1 Å². The molecule has 88 valence electrons. The maximum Gasteiger partial charge on any atom is 0.273 e. The third-order valence-corrected chi connectivity index (χ3v) is 2.32. The van der Waals surface area contributed by atoms with Crippen LogP contribution < -0.4 is 10.9 Å². The molecule has 0 bridgehead atoms. The lowest BCUT2D eigenvalue weighted by Crippen LogP contribution is -2.12. The van der Waals surface area contributed by atoms with Crippen molar-refractivity contribution in [2.24, 2.45) is 0 Å². The first-order valence-electron chi connectivity index (χ1n) is 5.22. The van der Waals surface area contributed by atoms with Crippen molar-refractivity contribution in [3.63, 3.8) is 0 Å². The average molecular weight is 231 g/mol. The zero-order chi connectivity index (χ0) is 12.4. The summed E-state index contributed by atoms with van der Waals surface area (Å²) in [4.78, 5) is 22.6. The molecule has 17 heavy (non-hydrogen) atoms. The lowest BCUT2D eigenvalue weighted by Gasteiger charge is -2.06. The molecule has 0 aliphatic carbocycles. The second-order valence-electron chi connectivity index (χ2n) is 4.00. The lowest BCUT2D eigenvalue weighted by atomic mass is 10.1. The van der Waals surface area contributed by atoms with E-state index in [1.54, 1.807) is 0 Å². The van der Waals surface area contributed by atoms with Crippen LogP contribution in [-0.2, 0) is 0 Å². The fourth-order valence-corrected chi connectivity index (χ4v) is 1.70. The summed E-state index contributed by atoms with van der Waals surface area (Å²) in [6.45, 7) is 3.92. The molecule has 2 aromatic rings. The standard InChI is InChI=1S/C12H13N3O2/c1-7-3-8(2)5-9(4-7)13-12(17)10-6-11(16)15-14-10/h3-6H,1-2H3,(H,13,17)(H2,14,15,16). The summed E-state index contributed by atoms with van der Waals surface area (Å²) in [5.74, 6) is -0.339. The Morgan fingerprint density at radius 2 is 1.71 bits per heavy atom. The number of rotatable bonds is 2. The Bertz CT molecular complexity index is 590. The van der Waals surface area contributed by atoms with E-state index in [9.17, 15) is 9.59 Å². The highest BCUT2D eigenvalue weighted by Gasteiger charge is 2.08. The highest BCUT2D eigenvalue weighted by molar-refractivity contribution is 6.02. The molecule has 0 aliphatic heterocycles. The molecule has 0 saturated carbocycles. The second kappa shape index (κ2) is 4.29. The van der Waals surface area contributed by atoms with Crippen LogP contribution in [0.15, 0.2) is 29.1 Å². The van der Waals surface area contributed by atoms with Gasteiger partial charge < -0.3 is 5.32 Å². The van der Waals surface area contributed by atoms with Gasteiger partial charge in [0, 0.05) is 11.8 Å². The number of hydrogen-bond donors (Lipinski definition) is 3. The second-order valence-corrected chi connectivity index (χ2v) is 4.00. The number of hydrogen-bond acceptors (Lipinski definition) is 2. The van der Waals surface area contributed by atoms with Crippen molar-refractivity contribution in [1.82, 2.24) is 10.2 Å². The van der Waals surface area contributed by atoms with Gasteiger partial charge in [0.15, 0.2) is 0 Å². The van der Waals surface area contributed by atoms with Gasteiger partial charge in [-0.2, -0.15) is 0 Å². The van der Waals surface area contributed by atoms with Crippen LogP contribution in [0.2, 0.25) is 0 Å². The number of benzene rings is 1. The number of anilines is 1. The fraction of sp³-hybridized carbons (Fsp3) is 0.167. The topological polar surface area (TPSA) is 77.8 Å². The monoisotopic (exact) mass is 231 g/mol. The van der Waals surface area contributed by atoms with E-state index in [0.717, 1.165) is 16.8 Å². The molecular formula is C12H13N3O2. The van der Waals surface area contributed by atoms with Crippen molar-refractivity contribution < 1.29 is 4.79 Å². The number of carbonyl (C=O) groups excluding carboxylic acids is 1. The number of carbonyl (C=O) groups is 1. The summed E-state index contributed by atoms with van der Waals surface area (Å²) < 4.78 is 0. The molecule has 0 unspecified atom stereocenters. The largest absolute Gasteiger partial charge is 0.321 e. The molecule has 2 rings (SSSR count). The number of aromatic nitrogens is 2. The zero-order valence-electron chi connectivity index (χ0n) is 9.63. The quantitative estimate of drug-likeness (QED) is 0.733. The fourth-order valence-electron chi connectivity index (χ4n) is 1.70. The molecule has 1 heterocycles. The van der Waals surface area contributed by atoms with Gasteiger partial charge in [-0.25, -0.2) is 0 Å². The van der Waals surface area contributed by atoms with Gasteiger partial charge in [0.1, 0.15) is 5.69 Å². The van der Waals surface area contributed by atoms with E-state index in [1.807, 2.05) is 32.0 Å². The van der Waals surface area contributed by atoms with Crippen LogP contribution in [0, 0.1) is 13.8 Å². The molecule has 0 fully saturated rings. The van der Waals surface area contributed by atoms with Crippen LogP contribution >= 0.6 is 0 Å². The van der Waals surface area contributed by atoms with Crippen molar-refractivity contribution in [3.05, 3.63) is 51.4 Å². The van der Waals surface area contributed by atoms with Gasteiger partial charge in [-0.3, -0.25) is 19.8 Å². The van der Waals surface area contributed by atoms with Crippen LogP contribution in [0.25, 0.3) is 0 Å². The summed E-state index contributed by atoms with van der Waals surface area (Å²) in [5.41, 5.74) is 2.75. The smallest absolute Gasteiger partial charge is 0.273 e. The predicted octanol–water partition coefficient (Wildman–Crippen LogP) is 1.57. The van der Waals surface area contributed by atoms with Crippen molar-refractivity contribution in [3.8, 4) is 0 Å². The van der Waals surface area contributed by atoms with Gasteiger partial charge in [-0.15, -0.1) is 0 Å². The third-order valence-electron chi connectivity index (χ3n) is 2.32. The molecule has 0 saturated heterocycles. The summed E-state index contributed by atoms with van der Waals surface area (Å²) in [5, 5.41) is 7.55. The van der Waals surface area contributed by atoms with Crippen LogP contribution in [0.5, 0.6) is 0 Å². The Hall–Kier alpha value is -2.30. The first-order chi connectivity index (χ1) is 8.04. The van der Waals surface area contributed by atoms with E-state index in [2.05, 4.69) is 15.5 Å². The van der Waals surface area contributed by atoms with Crippen LogP contribution in [0.3, 0.4) is 0 Å². The molecule has 5 nitrogen and oxygen atoms in total. The first kappa shape index (κ1) is 11.2. The van der Waals surface area contributed by atoms with E-state index in [0.29, 0.717) is 0 Å². The van der Waals surface area contributed by atoms with Gasteiger partial charge in [0.25, 0.3) is 11.5 Å². The third kappa shape index (κ3) is 2.63. The highest BCUT2D eigenvalue weighted by Crippen LogP contribution is 2.14. The molecule has 0 radical (unpaired) electrons. The molecule has 1 aromatic carbocycles. The Morgan fingerprint density at radius 3 is 2.24 bits per heavy atom. The van der Waals surface area contributed by atoms with Crippen molar-refractivity contribution in [2.75, 3.05) is 5.32 Å². The molecular weight excluding hydrogens is 218 g/mol. The normalized spacial score (nSPS) is 10.2. The zero-order valence-corrected chi connectivity index (χ0v) is 9.63. The maximum absolute atomic E-state index is 11.7. The SMILES string of the molecule is Cc1cc(C)cc(NC(=O)c2cc(=O)[nH][nH]2)c1. The minimum atomic E-state index is -0.339. The summed E-state index contributed by atoms with van der Waals surface area (Å²) in [6, 6.07) is 6.98. The minimum absolute atomic E-state index is 0.217. The number of H-pyrrole nitrogens is 2. The molecule has 0 atom stereocenters. The number of amides is 1. The minimum Gasteiger partial charge on any atom is -0.321 e. The first-order valence-corrected chi connectivity index (χ1v) is 5.22. The molecule has 5 heteroatoms. The van der Waals surface area contributed by atoms with E-state index >= 15 is 0 Å². The Kier molecular flexibility index (Phi) is 2.82. The summed E-state index contributed by atoms with van der Waals surface area (Å²) in [7, 11) is 0. The van der Waals surface area contributed by atoms with E-state index in [4.69, 9.17) is 0 Å². The van der Waals surface area contributed by atoms with Crippen molar-refractivity contribution in [1.29, 1.82) is 0 Å². The van der Waals surface area contributed by atoms with Crippen LogP contribution in [0.4, 0.5) is 5.69 Å². The highest BCUT2D eigenvalue weighted by atomic mass is 16.2. The average Bonchev–Trinajstić information content (AvgIpc) is 2.63. The maximum atomic E-state index is 11.7. The molecule has 1 amide bonds. The summed E-state index contributed by atoms with van der Waals surface area (Å²) >= 11 is 0. The predicted molar refractivity (Wildman–Crippen MR) is 65.3 cm³/mol. The van der Waals surface area contributed by atoms with Gasteiger partial charge in [0.05, 0.1) is 0 Å². The number of nitrogens with one attached hydrogen (secondary N) is 3. The number of aryl methyl sites for hydroxylation is 2. The van der Waals surface area contributed by atoms with Crippen molar-refractivity contribution >= 4 is 11.6 Å². The molecule has 0 spiro atoms. The van der Waals surface area contributed by atoms with Gasteiger partial charge >= 0.3 is 0 Å². The van der Waals surface area contributed by atoms with Gasteiger partial charge in [-0.1, -0.05) is 6.07 Å². The molecule has 3 N–H and O–H groups in total. The van der Waals surface area contributed by atoms with Crippen LogP contribution in [0.1, 0.15) is 21.6 Å². The van der Waals surface area contributed by atoms with Crippen molar-refractivity contribution in [2.45, 2.75) is 13.8 Å². The van der Waals surface area contributed by atoms with E-state index in [-0.39, 0.29) is 17.2 Å². The Balaban J connectivity index is 2.21.